The number of hydrogen-bond acceptors (Lipinski definition) is 3. The molecule has 1 aromatic rings. The molecular weight excluding hydrogens is 661 g/mol. The minimum absolute atomic E-state index is 0. The van der Waals surface area contributed by atoms with Gasteiger partial charge in [-0.05, 0) is 160 Å². The van der Waals surface area contributed by atoms with Gasteiger partial charge in [0.25, 0.3) is 0 Å². The molecule has 0 fully saturated rings. The molecule has 0 aromatic heterocycles. The van der Waals surface area contributed by atoms with Gasteiger partial charge in [0.2, 0.25) is 0 Å². The number of phenols is 1. The average molecular weight is 757 g/mol. The van der Waals surface area contributed by atoms with Crippen molar-refractivity contribution in [2.45, 2.75) is 6.61 Å². The van der Waals surface area contributed by atoms with Crippen LogP contribution in [0.4, 0.5) is 0 Å². The quantitative estimate of drug-likeness (QED) is 0.296. The molecule has 0 saturated carbocycles. The third-order valence-electron chi connectivity index (χ3n) is 3.76. The molecule has 0 heterocycles. The van der Waals surface area contributed by atoms with E-state index in [0.717, 1.165) is 0 Å². The van der Waals surface area contributed by atoms with E-state index in [4.69, 9.17) is 29.1 Å². The van der Waals surface area contributed by atoms with E-state index < -0.39 is 0 Å². The van der Waals surface area contributed by atoms with Crippen molar-refractivity contribution in [3.05, 3.63) is 23.8 Å². The first-order valence-electron chi connectivity index (χ1n) is 13.6. The third kappa shape index (κ3) is 32.5. The Morgan fingerprint density at radius 1 is 0.370 bits per heavy atom. The van der Waals surface area contributed by atoms with Crippen LogP contribution in [-0.4, -0.2) is 10.2 Å². The van der Waals surface area contributed by atoms with E-state index in [9.17, 15) is 5.11 Å². The molecule has 0 radical (unpaired) electrons. The molecule has 0 bridgehead atoms. The minimum atomic E-state index is -0.226. The molecule has 1 rings (SSSR count). The van der Waals surface area contributed by atoms with Crippen molar-refractivity contribution < 1.29 is 76.3 Å². The van der Waals surface area contributed by atoms with Crippen molar-refractivity contribution in [2.24, 2.45) is 0 Å². The zero-order chi connectivity index (χ0) is 39.3. The van der Waals surface area contributed by atoms with Crippen molar-refractivity contribution in [1.29, 1.82) is 0 Å². The van der Waals surface area contributed by atoms with Crippen LogP contribution in [0.25, 0.3) is 0 Å². The van der Waals surface area contributed by atoms with Crippen LogP contribution in [0.3, 0.4) is 0 Å². The van der Waals surface area contributed by atoms with Gasteiger partial charge in [-0.2, -0.15) is 0 Å². The Kier molecular flexibility index (Phi) is 29.2. The summed E-state index contributed by atoms with van der Waals surface area (Å²) in [4.78, 5) is 0. The second-order valence-corrected chi connectivity index (χ2v) is 7.26. The Morgan fingerprint density at radius 3 is 0.852 bits per heavy atom. The van der Waals surface area contributed by atoms with Gasteiger partial charge in [-0.1, -0.05) is 0 Å². The average Bonchev–Trinajstić information content (AvgIpc) is 3.18. The summed E-state index contributed by atoms with van der Waals surface area (Å²) in [6, 6.07) is 4.32. The number of terminal acetylenes is 3. The van der Waals surface area contributed by atoms with E-state index in [1.807, 2.05) is 0 Å². The van der Waals surface area contributed by atoms with Gasteiger partial charge in [-0.25, -0.2) is 0 Å². The summed E-state index contributed by atoms with van der Waals surface area (Å²) in [5, 5.41) is 18.5. The normalized spacial score (nSPS) is 5.00. The van der Waals surface area contributed by atoms with Crippen LogP contribution in [0.15, 0.2) is 18.2 Å². The van der Waals surface area contributed by atoms with Gasteiger partial charge < -0.3 is 14.9 Å². The number of aliphatic hydroxyl groups is 1. The molecule has 0 saturated heterocycles. The molecule has 0 aliphatic rings. The van der Waals surface area contributed by atoms with E-state index >= 15 is 0 Å². The summed E-state index contributed by atoms with van der Waals surface area (Å²) in [6.07, 6.45) is 17.1. The van der Waals surface area contributed by atoms with Gasteiger partial charge in [0, 0.05) is 162 Å². The summed E-state index contributed by atoms with van der Waals surface area (Å²) in [7, 11) is 0. The largest absolute Gasteiger partial charge is 0.508 e. The molecule has 3 nitrogen and oxygen atoms in total. The highest BCUT2D eigenvalue weighted by Gasteiger charge is 1.99. The maximum atomic E-state index is 9.46. The molecule has 1 aromatic carbocycles. The van der Waals surface area contributed by atoms with Crippen molar-refractivity contribution >= 4 is 0 Å². The first-order valence-corrected chi connectivity index (χ1v) is 13.6. The van der Waals surface area contributed by atoms with E-state index in [1.54, 1.807) is 6.07 Å². The Bertz CT molecular complexity index is 3050. The zero-order valence-electron chi connectivity index (χ0n) is 27.5. The van der Waals surface area contributed by atoms with E-state index in [0.29, 0.717) is 5.56 Å². The van der Waals surface area contributed by atoms with Gasteiger partial charge >= 0.3 is 0 Å². The van der Waals surface area contributed by atoms with E-state index in [2.05, 4.69) is 243 Å². The molecular formula is C51H96O3. The van der Waals surface area contributed by atoms with Gasteiger partial charge in [0.15, 0.2) is 0 Å². The van der Waals surface area contributed by atoms with Gasteiger partial charge in [-0.3, -0.25) is 0 Å². The highest BCUT2D eigenvalue weighted by atomic mass is 16.5. The monoisotopic (exact) mass is 757 g/mol. The van der Waals surface area contributed by atoms with Crippen molar-refractivity contribution in [3.63, 3.8) is 0 Å². The predicted octanol–water partition coefficient (Wildman–Crippen LogP) is 11.7. The highest BCUT2D eigenvalue weighted by molar-refractivity contribution is 5.49. The predicted molar refractivity (Wildman–Crippen MR) is 300 cm³/mol. The SMILES string of the molecule is C#CC#CC#CC#CC#CC#CC#CC#CC#CC#CC#C.C#CC#CC#CC#CC#CC#CC#CC#CC#CC#CC#COc1cc(O)cc(CO)c1.[HH].[HH].[HH].[HH].[HH].[HH].[HH].[HH].[HH].[HH].[HH].[HH].[HH].[HH].[HH].[HH].[HH].[HH].[HH].[HH].[HH].[HH].[HH].[HH].[HH].[HH].[HH].[HH].[HH].[HH].[HH].[HH].[HH].[HH].[HH].[HH].[HH].[HH].[HH].[HH].[HH].[HH].[HH]. The van der Waals surface area contributed by atoms with Crippen LogP contribution < -0.4 is 4.74 Å². The smallest absolute Gasteiger partial charge is 0.144 e. The molecule has 0 spiro atoms. The maximum absolute atomic E-state index is 9.46. The zero-order valence-corrected chi connectivity index (χ0v) is 27.5. The molecule has 2 N–H and O–H groups in total. The van der Waals surface area contributed by atoms with Crippen LogP contribution >= 0.6 is 0 Å². The van der Waals surface area contributed by atoms with Crippen molar-refractivity contribution in [2.75, 3.05) is 0 Å². The molecule has 0 atom stereocenters. The molecule has 3 heteroatoms. The Labute approximate surface area is 381 Å². The number of phenolic OH excluding ortho intramolecular Hbond substituents is 1. The maximum Gasteiger partial charge on any atom is 0.144 e. The fourth-order valence-electron chi connectivity index (χ4n) is 2.04. The number of aliphatic hydroxyl groups excluding tert-OH is 1. The Morgan fingerprint density at radius 2 is 0.611 bits per heavy atom. The second kappa shape index (κ2) is 36.6. The van der Waals surface area contributed by atoms with Gasteiger partial charge in [0.05, 0.1) is 6.61 Å². The van der Waals surface area contributed by atoms with E-state index in [-0.39, 0.29) is 79.5 Å². The number of hydrogen-bond donors (Lipinski definition) is 2. The standard InChI is InChI=1S/C29H8O3.C22H2.43H2/c1-2-3-4-5-6-7-8-9-10-11-12-13-14-15-16-17-18-19-20-21-22-32-29-24-27(26-30)23-28(31)25-29;1-3-5-7-9-11-13-15-17-19-21-22-20-18-16-14-12-10-8-6-4-2;;;;;;;;;;;;;;;;;;;;;;;;;;;;;;;;;;;;;;;;;;;/h1,23-25,30-31H,26H2;1-2H;43*1H. The molecule has 0 aliphatic carbocycles. The summed E-state index contributed by atoms with van der Waals surface area (Å²) in [5.41, 5.74) is 0.499. The fourth-order valence-corrected chi connectivity index (χ4v) is 2.04. The van der Waals surface area contributed by atoms with Crippen LogP contribution in [0.5, 0.6) is 11.5 Å². The van der Waals surface area contributed by atoms with Crippen LogP contribution in [-0.2, 0) is 6.61 Å². The molecule has 318 valence electrons. The number of rotatable bonds is 2. The van der Waals surface area contributed by atoms with Crippen molar-refractivity contribution in [1.82, 2.24) is 0 Å². The van der Waals surface area contributed by atoms with Gasteiger partial charge in [0.1, 0.15) is 17.6 Å². The number of benzene rings is 1. The van der Waals surface area contributed by atoms with Crippen LogP contribution in [0.1, 0.15) is 66.9 Å². The summed E-state index contributed by atoms with van der Waals surface area (Å²) >= 11 is 0. The summed E-state index contributed by atoms with van der Waals surface area (Å²) in [6.45, 7) is -0.226. The number of ether oxygens (including phenoxy) is 1. The Hall–Kier alpha value is -10.9. The summed E-state index contributed by atoms with van der Waals surface area (Å²) in [5.74, 6) is 97.3. The lowest BCUT2D eigenvalue weighted by Crippen LogP contribution is -1.87. The first-order chi connectivity index (χ1) is 26.7. The van der Waals surface area contributed by atoms with Crippen LogP contribution in [0, 0.1) is 262 Å². The number of aromatic hydroxyl groups is 1. The third-order valence-corrected chi connectivity index (χ3v) is 3.76. The van der Waals surface area contributed by atoms with E-state index in [1.165, 1.54) is 12.1 Å². The molecule has 0 unspecified atom stereocenters. The lowest BCUT2D eigenvalue weighted by molar-refractivity contribution is 0.280. The highest BCUT2D eigenvalue weighted by Crippen LogP contribution is 2.21. The fraction of sp³-hybridized carbons (Fsp3) is 0.0196. The topological polar surface area (TPSA) is 49.7 Å². The summed E-state index contributed by atoms with van der Waals surface area (Å²) < 4.78 is 5.09. The minimum Gasteiger partial charge on any atom is -0.508 e. The lowest BCUT2D eigenvalue weighted by atomic mass is 10.2. The molecule has 0 amide bonds. The van der Waals surface area contributed by atoms with Crippen LogP contribution in [0.2, 0.25) is 0 Å². The lowest BCUT2D eigenvalue weighted by Gasteiger charge is -2.01. The molecule has 54 heavy (non-hydrogen) atoms. The molecule has 0 aliphatic heterocycles. The van der Waals surface area contributed by atoms with Crippen molar-refractivity contribution in [3.8, 4) is 274 Å². The second-order valence-electron chi connectivity index (χ2n) is 7.26. The first kappa shape index (κ1) is 43.1. The van der Waals surface area contributed by atoms with Gasteiger partial charge in [-0.15, -0.1) is 19.3 Å². The Balaban J connectivity index is -0.00000000975.